The number of nitrogens with one attached hydrogen (secondary N) is 1. The molecule has 0 saturated carbocycles. The average molecular weight is 360 g/mol. The van der Waals surface area contributed by atoms with Crippen molar-refractivity contribution in [1.82, 2.24) is 5.32 Å². The van der Waals surface area contributed by atoms with Crippen molar-refractivity contribution in [2.75, 3.05) is 13.2 Å². The van der Waals surface area contributed by atoms with Crippen molar-refractivity contribution in [3.63, 3.8) is 0 Å². The molecule has 0 fully saturated rings. The lowest BCUT2D eigenvalue weighted by atomic mass is 9.88. The molecule has 0 aromatic heterocycles. The lowest BCUT2D eigenvalue weighted by Gasteiger charge is -2.37. The van der Waals surface area contributed by atoms with Crippen molar-refractivity contribution in [1.29, 1.82) is 0 Å². The summed E-state index contributed by atoms with van der Waals surface area (Å²) in [5, 5.41) is 3.53. The summed E-state index contributed by atoms with van der Waals surface area (Å²) in [6.45, 7) is 9.94. The van der Waals surface area contributed by atoms with Gasteiger partial charge in [-0.1, -0.05) is 35.8 Å². The summed E-state index contributed by atoms with van der Waals surface area (Å²) >= 11 is 3.30. The van der Waals surface area contributed by atoms with Crippen molar-refractivity contribution in [3.8, 4) is 0 Å². The Hall–Kier alpha value is -0.450. The number of ether oxygens (including phenoxy) is 1. The van der Waals surface area contributed by atoms with E-state index in [4.69, 9.17) is 4.74 Å². The van der Waals surface area contributed by atoms with Crippen LogP contribution in [-0.4, -0.2) is 24.8 Å². The molecule has 1 N–H and O–H groups in total. The van der Waals surface area contributed by atoms with Gasteiger partial charge in [0.15, 0.2) is 0 Å². The maximum atomic E-state index is 14.1. The Labute approximate surface area is 136 Å². The number of benzene rings is 1. The second-order valence-corrected chi connectivity index (χ2v) is 6.46. The number of halogens is 2. The summed E-state index contributed by atoms with van der Waals surface area (Å²) in [7, 11) is 0. The quantitative estimate of drug-likeness (QED) is 0.689. The molecule has 2 nitrogen and oxygen atoms in total. The Balaban J connectivity index is 2.96. The highest BCUT2D eigenvalue weighted by molar-refractivity contribution is 9.10. The van der Waals surface area contributed by atoms with E-state index in [1.54, 1.807) is 0 Å². The molecule has 120 valence electrons. The first-order valence-electron chi connectivity index (χ1n) is 7.78. The van der Waals surface area contributed by atoms with Crippen LogP contribution < -0.4 is 5.32 Å². The fraction of sp³-hybridized carbons (Fsp3) is 0.647. The Morgan fingerprint density at radius 3 is 2.57 bits per heavy atom. The smallest absolute Gasteiger partial charge is 0.127 e. The predicted octanol–water partition coefficient (Wildman–Crippen LogP) is 4.70. The molecule has 0 radical (unpaired) electrons. The SMILES string of the molecule is CCCNC(Cc1ccc(Br)cc1F)C(C)(CC)OCC. The molecule has 1 rings (SSSR count). The Morgan fingerprint density at radius 1 is 1.33 bits per heavy atom. The fourth-order valence-electron chi connectivity index (χ4n) is 2.51. The zero-order chi connectivity index (χ0) is 15.9. The number of hydrogen-bond acceptors (Lipinski definition) is 2. The topological polar surface area (TPSA) is 21.3 Å². The summed E-state index contributed by atoms with van der Waals surface area (Å²) in [5.74, 6) is -0.164. The first-order valence-corrected chi connectivity index (χ1v) is 8.57. The Morgan fingerprint density at radius 2 is 2.05 bits per heavy atom. The zero-order valence-electron chi connectivity index (χ0n) is 13.5. The molecule has 0 amide bonds. The van der Waals surface area contributed by atoms with Gasteiger partial charge in [0.2, 0.25) is 0 Å². The minimum absolute atomic E-state index is 0.0954. The maximum absolute atomic E-state index is 14.1. The van der Waals surface area contributed by atoms with E-state index in [1.807, 2.05) is 19.1 Å². The molecule has 2 atom stereocenters. The van der Waals surface area contributed by atoms with Crippen LogP contribution in [-0.2, 0) is 11.2 Å². The molecular weight excluding hydrogens is 333 g/mol. The monoisotopic (exact) mass is 359 g/mol. The molecule has 21 heavy (non-hydrogen) atoms. The third-order valence-electron chi connectivity index (χ3n) is 3.99. The van der Waals surface area contributed by atoms with E-state index < -0.39 is 0 Å². The van der Waals surface area contributed by atoms with Crippen molar-refractivity contribution < 1.29 is 9.13 Å². The fourth-order valence-corrected chi connectivity index (χ4v) is 2.84. The summed E-state index contributed by atoms with van der Waals surface area (Å²) in [6.07, 6.45) is 2.56. The van der Waals surface area contributed by atoms with Gasteiger partial charge in [0.05, 0.1) is 5.60 Å². The van der Waals surface area contributed by atoms with Gasteiger partial charge in [-0.2, -0.15) is 0 Å². The third kappa shape index (κ3) is 5.35. The van der Waals surface area contributed by atoms with Gasteiger partial charge in [0.1, 0.15) is 5.82 Å². The van der Waals surface area contributed by atoms with Crippen LogP contribution in [0, 0.1) is 5.82 Å². The maximum Gasteiger partial charge on any atom is 0.127 e. The summed E-state index contributed by atoms with van der Waals surface area (Å²) < 4.78 is 20.9. The summed E-state index contributed by atoms with van der Waals surface area (Å²) in [4.78, 5) is 0. The summed E-state index contributed by atoms with van der Waals surface area (Å²) in [5.41, 5.74) is 0.440. The van der Waals surface area contributed by atoms with Crippen LogP contribution >= 0.6 is 15.9 Å². The highest BCUT2D eigenvalue weighted by Crippen LogP contribution is 2.25. The highest BCUT2D eigenvalue weighted by Gasteiger charge is 2.33. The molecule has 0 bridgehead atoms. The highest BCUT2D eigenvalue weighted by atomic mass is 79.9. The van der Waals surface area contributed by atoms with Crippen molar-refractivity contribution in [2.45, 2.75) is 58.6 Å². The van der Waals surface area contributed by atoms with Gasteiger partial charge in [0, 0.05) is 17.1 Å². The van der Waals surface area contributed by atoms with Crippen molar-refractivity contribution >= 4 is 15.9 Å². The van der Waals surface area contributed by atoms with Crippen LogP contribution in [0.1, 0.15) is 46.1 Å². The van der Waals surface area contributed by atoms with E-state index in [0.717, 1.165) is 29.4 Å². The molecular formula is C17H27BrFNO. The van der Waals surface area contributed by atoms with Crippen molar-refractivity contribution in [3.05, 3.63) is 34.1 Å². The van der Waals surface area contributed by atoms with Gasteiger partial charge in [-0.15, -0.1) is 0 Å². The van der Waals surface area contributed by atoms with Crippen molar-refractivity contribution in [2.24, 2.45) is 0 Å². The molecule has 1 aromatic rings. The number of hydrogen-bond donors (Lipinski definition) is 1. The first kappa shape index (κ1) is 18.6. The summed E-state index contributed by atoms with van der Waals surface area (Å²) in [6, 6.07) is 5.36. The van der Waals surface area contributed by atoms with E-state index in [1.165, 1.54) is 6.07 Å². The van der Waals surface area contributed by atoms with Crippen LogP contribution in [0.15, 0.2) is 22.7 Å². The molecule has 0 aliphatic rings. The second-order valence-electron chi connectivity index (χ2n) is 5.55. The standard InChI is InChI=1S/C17H27BrFNO/c1-5-10-20-16(17(4,6-2)21-7-3)11-13-8-9-14(18)12-15(13)19/h8-9,12,16,20H,5-7,10-11H2,1-4H3. The van der Waals surface area contributed by atoms with E-state index in [-0.39, 0.29) is 17.5 Å². The van der Waals surface area contributed by atoms with E-state index in [9.17, 15) is 4.39 Å². The average Bonchev–Trinajstić information content (AvgIpc) is 2.45. The zero-order valence-corrected chi connectivity index (χ0v) is 15.1. The van der Waals surface area contributed by atoms with Crippen LogP contribution in [0.5, 0.6) is 0 Å². The van der Waals surface area contributed by atoms with Crippen LogP contribution in [0.25, 0.3) is 0 Å². The van der Waals surface area contributed by atoms with Gasteiger partial charge in [-0.05, 0) is 57.4 Å². The third-order valence-corrected chi connectivity index (χ3v) is 4.49. The van der Waals surface area contributed by atoms with E-state index >= 15 is 0 Å². The molecule has 0 heterocycles. The van der Waals surface area contributed by atoms with Gasteiger partial charge in [0.25, 0.3) is 0 Å². The second kappa shape index (κ2) is 8.86. The van der Waals surface area contributed by atoms with E-state index in [2.05, 4.69) is 42.0 Å². The van der Waals surface area contributed by atoms with Crippen LogP contribution in [0.2, 0.25) is 0 Å². The number of rotatable bonds is 9. The molecule has 0 aliphatic carbocycles. The molecule has 0 saturated heterocycles. The molecule has 0 spiro atoms. The molecule has 2 unspecified atom stereocenters. The van der Waals surface area contributed by atoms with Gasteiger partial charge >= 0.3 is 0 Å². The Kier molecular flexibility index (Phi) is 7.85. The van der Waals surface area contributed by atoms with Gasteiger partial charge in [-0.25, -0.2) is 4.39 Å². The molecule has 1 aromatic carbocycles. The lowest BCUT2D eigenvalue weighted by molar-refractivity contribution is -0.0551. The van der Waals surface area contributed by atoms with Gasteiger partial charge in [-0.3, -0.25) is 0 Å². The normalized spacial score (nSPS) is 15.7. The lowest BCUT2D eigenvalue weighted by Crippen LogP contribution is -2.52. The largest absolute Gasteiger partial charge is 0.374 e. The van der Waals surface area contributed by atoms with Crippen LogP contribution in [0.3, 0.4) is 0 Å². The molecule has 4 heteroatoms. The predicted molar refractivity (Wildman–Crippen MR) is 90.2 cm³/mol. The first-order chi connectivity index (χ1) is 9.96. The molecule has 0 aliphatic heterocycles. The van der Waals surface area contributed by atoms with Gasteiger partial charge < -0.3 is 10.1 Å². The van der Waals surface area contributed by atoms with Crippen LogP contribution in [0.4, 0.5) is 4.39 Å². The minimum Gasteiger partial charge on any atom is -0.374 e. The van der Waals surface area contributed by atoms with E-state index in [0.29, 0.717) is 13.0 Å². The minimum atomic E-state index is -0.288. The Bertz CT molecular complexity index is 441.